The van der Waals surface area contributed by atoms with Crippen molar-refractivity contribution < 1.29 is 19.4 Å². The van der Waals surface area contributed by atoms with Crippen LogP contribution in [0, 0.1) is 12.8 Å². The molecule has 1 aromatic heterocycles. The molecule has 0 radical (unpaired) electrons. The van der Waals surface area contributed by atoms with Gasteiger partial charge in [-0.05, 0) is 31.0 Å². The number of amides is 2. The lowest BCUT2D eigenvalue weighted by atomic mass is 9.98. The molecule has 0 saturated heterocycles. The molecule has 2 amide bonds. The maximum absolute atomic E-state index is 13.6. The number of aryl methyl sites for hydroxylation is 1. The summed E-state index contributed by atoms with van der Waals surface area (Å²) in [4.78, 5) is 34.5. The largest absolute Gasteiger partial charge is 0.472 e. The van der Waals surface area contributed by atoms with Gasteiger partial charge >= 0.3 is 0 Å². The van der Waals surface area contributed by atoms with Crippen LogP contribution in [0.15, 0.2) is 66.9 Å². The Balaban J connectivity index is 1.63. The number of nitrogens with zero attached hydrogens (tertiary/aromatic N) is 3. The van der Waals surface area contributed by atoms with Gasteiger partial charge in [0.05, 0.1) is 25.6 Å². The monoisotopic (exact) mass is 501 g/mol. The van der Waals surface area contributed by atoms with Gasteiger partial charge in [-0.1, -0.05) is 67.1 Å². The summed E-state index contributed by atoms with van der Waals surface area (Å²) in [6.07, 6.45) is 1.63. The van der Waals surface area contributed by atoms with Crippen LogP contribution in [0.4, 0.5) is 0 Å². The minimum atomic E-state index is -0.386. The number of ether oxygens (including phenoxy) is 1. The van der Waals surface area contributed by atoms with E-state index in [1.54, 1.807) is 23.0 Å². The Morgan fingerprint density at radius 2 is 1.86 bits per heavy atom. The molecule has 1 N–H and O–H groups in total. The average Bonchev–Trinajstić information content (AvgIpc) is 2.91. The van der Waals surface area contributed by atoms with Gasteiger partial charge in [-0.25, -0.2) is 4.98 Å². The van der Waals surface area contributed by atoms with Crippen LogP contribution >= 0.6 is 0 Å². The second-order valence-corrected chi connectivity index (χ2v) is 10.0. The highest BCUT2D eigenvalue weighted by Crippen LogP contribution is 2.30. The second kappa shape index (κ2) is 11.6. The SMILES string of the molecule is Cc1ccc(-c2cnc3c(c2)C(=O)N([C@H](C)CO)C[C@H](C)[C@@H](CN(C)C(=O)Cc2ccccc2)O3)cc1. The lowest BCUT2D eigenvalue weighted by Crippen LogP contribution is -2.50. The molecule has 0 fully saturated rings. The van der Waals surface area contributed by atoms with Crippen LogP contribution in [0.1, 0.15) is 35.3 Å². The fraction of sp³-hybridized carbons (Fsp3) is 0.367. The van der Waals surface area contributed by atoms with Crippen LogP contribution in [0.5, 0.6) is 5.88 Å². The van der Waals surface area contributed by atoms with Gasteiger partial charge in [0.25, 0.3) is 5.91 Å². The Morgan fingerprint density at radius 3 is 2.54 bits per heavy atom. The molecule has 0 saturated carbocycles. The van der Waals surface area contributed by atoms with Crippen molar-refractivity contribution in [3.05, 3.63) is 83.6 Å². The minimum Gasteiger partial charge on any atom is -0.472 e. The zero-order valence-corrected chi connectivity index (χ0v) is 21.9. The molecule has 2 heterocycles. The maximum Gasteiger partial charge on any atom is 0.259 e. The van der Waals surface area contributed by atoms with E-state index in [0.29, 0.717) is 25.1 Å². The van der Waals surface area contributed by atoms with Crippen LogP contribution in [-0.2, 0) is 11.2 Å². The maximum atomic E-state index is 13.6. The van der Waals surface area contributed by atoms with Crippen LogP contribution in [0.25, 0.3) is 11.1 Å². The van der Waals surface area contributed by atoms with Gasteiger partial charge < -0.3 is 19.6 Å². The predicted molar refractivity (Wildman–Crippen MR) is 143 cm³/mol. The summed E-state index contributed by atoms with van der Waals surface area (Å²) >= 11 is 0. The summed E-state index contributed by atoms with van der Waals surface area (Å²) in [6.45, 7) is 6.44. The van der Waals surface area contributed by atoms with Crippen molar-refractivity contribution in [1.82, 2.24) is 14.8 Å². The lowest BCUT2D eigenvalue weighted by molar-refractivity contribution is -0.130. The summed E-state index contributed by atoms with van der Waals surface area (Å²) in [5.74, 6) is -0.0893. The molecule has 1 aliphatic heterocycles. The number of aromatic nitrogens is 1. The van der Waals surface area contributed by atoms with E-state index in [9.17, 15) is 14.7 Å². The van der Waals surface area contributed by atoms with Gasteiger partial charge in [-0.3, -0.25) is 9.59 Å². The number of rotatable bonds is 7. The second-order valence-electron chi connectivity index (χ2n) is 10.0. The number of hydrogen-bond donors (Lipinski definition) is 1. The first-order valence-electron chi connectivity index (χ1n) is 12.7. The van der Waals surface area contributed by atoms with Crippen molar-refractivity contribution in [1.29, 1.82) is 0 Å². The molecule has 2 aromatic carbocycles. The van der Waals surface area contributed by atoms with Crippen molar-refractivity contribution in [2.24, 2.45) is 5.92 Å². The summed E-state index contributed by atoms with van der Waals surface area (Å²) in [5.41, 5.74) is 4.22. The van der Waals surface area contributed by atoms with Gasteiger partial charge in [-0.2, -0.15) is 0 Å². The molecule has 37 heavy (non-hydrogen) atoms. The molecule has 0 bridgehead atoms. The van der Waals surface area contributed by atoms with E-state index in [2.05, 4.69) is 4.98 Å². The Hall–Kier alpha value is -3.71. The molecule has 3 aromatic rings. The van der Waals surface area contributed by atoms with Gasteiger partial charge in [0, 0.05) is 31.3 Å². The molecule has 0 unspecified atom stereocenters. The smallest absolute Gasteiger partial charge is 0.259 e. The van der Waals surface area contributed by atoms with E-state index in [0.717, 1.165) is 22.3 Å². The van der Waals surface area contributed by atoms with Gasteiger partial charge in [0.15, 0.2) is 0 Å². The van der Waals surface area contributed by atoms with Crippen LogP contribution < -0.4 is 4.74 Å². The van der Waals surface area contributed by atoms with Crippen LogP contribution in [-0.4, -0.2) is 70.6 Å². The predicted octanol–water partition coefficient (Wildman–Crippen LogP) is 3.98. The van der Waals surface area contributed by atoms with E-state index in [1.165, 1.54) is 0 Å². The summed E-state index contributed by atoms with van der Waals surface area (Å²) in [5, 5.41) is 9.89. The third-order valence-electron chi connectivity index (χ3n) is 6.98. The van der Waals surface area contributed by atoms with E-state index >= 15 is 0 Å². The summed E-state index contributed by atoms with van der Waals surface area (Å²) in [6, 6.07) is 19.1. The number of likely N-dealkylation sites (N-methyl/N-ethyl adjacent to an activating group) is 1. The highest BCUT2D eigenvalue weighted by Gasteiger charge is 2.34. The first kappa shape index (κ1) is 26.4. The first-order chi connectivity index (χ1) is 17.8. The zero-order chi connectivity index (χ0) is 26.5. The quantitative estimate of drug-likeness (QED) is 0.530. The molecule has 0 aliphatic carbocycles. The number of hydrogen-bond acceptors (Lipinski definition) is 5. The third-order valence-corrected chi connectivity index (χ3v) is 6.98. The number of carbonyl (C=O) groups excluding carboxylic acids is 2. The number of benzene rings is 2. The van der Waals surface area contributed by atoms with Crippen LogP contribution in [0.3, 0.4) is 0 Å². The normalized spacial score (nSPS) is 18.3. The Bertz CT molecular complexity index is 1230. The molecular weight excluding hydrogens is 466 g/mol. The fourth-order valence-corrected chi connectivity index (χ4v) is 4.50. The van der Waals surface area contributed by atoms with Crippen molar-refractivity contribution in [3.63, 3.8) is 0 Å². The van der Waals surface area contributed by atoms with Crippen molar-refractivity contribution in [2.45, 2.75) is 39.3 Å². The fourth-order valence-electron chi connectivity index (χ4n) is 4.50. The molecule has 7 heteroatoms. The number of pyridine rings is 1. The molecule has 3 atom stereocenters. The highest BCUT2D eigenvalue weighted by molar-refractivity contribution is 5.98. The van der Waals surface area contributed by atoms with Crippen molar-refractivity contribution >= 4 is 11.8 Å². The van der Waals surface area contributed by atoms with E-state index in [-0.39, 0.29) is 42.4 Å². The van der Waals surface area contributed by atoms with Crippen molar-refractivity contribution in [3.8, 4) is 17.0 Å². The molecule has 7 nitrogen and oxygen atoms in total. The number of aliphatic hydroxyl groups excluding tert-OH is 1. The Morgan fingerprint density at radius 1 is 1.16 bits per heavy atom. The van der Waals surface area contributed by atoms with E-state index < -0.39 is 0 Å². The first-order valence-corrected chi connectivity index (χ1v) is 12.7. The third kappa shape index (κ3) is 6.17. The molecule has 1 aliphatic rings. The Labute approximate surface area is 218 Å². The summed E-state index contributed by atoms with van der Waals surface area (Å²) < 4.78 is 6.35. The topological polar surface area (TPSA) is 83.0 Å². The summed E-state index contributed by atoms with van der Waals surface area (Å²) in [7, 11) is 1.77. The number of fused-ring (bicyclic) bond motifs is 1. The molecule has 194 valence electrons. The van der Waals surface area contributed by atoms with Gasteiger partial charge in [-0.15, -0.1) is 0 Å². The minimum absolute atomic E-state index is 0.0105. The van der Waals surface area contributed by atoms with Gasteiger partial charge in [0.1, 0.15) is 11.7 Å². The Kier molecular flexibility index (Phi) is 8.24. The van der Waals surface area contributed by atoms with E-state index in [4.69, 9.17) is 4.74 Å². The standard InChI is InChI=1S/C30H35N3O4/c1-20-10-12-24(13-11-20)25-15-26-29(31-16-25)37-27(21(2)17-33(30(26)36)22(3)19-34)18-32(4)28(35)14-23-8-6-5-7-9-23/h5-13,15-16,21-22,27,34H,14,17-19H2,1-4H3/t21-,22+,27+/m0/s1. The van der Waals surface area contributed by atoms with Crippen molar-refractivity contribution in [2.75, 3.05) is 26.7 Å². The molecule has 0 spiro atoms. The lowest BCUT2D eigenvalue weighted by Gasteiger charge is -2.37. The van der Waals surface area contributed by atoms with Crippen LogP contribution in [0.2, 0.25) is 0 Å². The average molecular weight is 502 g/mol. The molecular formula is C30H35N3O4. The number of aliphatic hydroxyl groups is 1. The van der Waals surface area contributed by atoms with E-state index in [1.807, 2.05) is 81.4 Å². The zero-order valence-electron chi connectivity index (χ0n) is 21.9. The number of carbonyl (C=O) groups is 2. The molecule has 4 rings (SSSR count). The highest BCUT2D eigenvalue weighted by atomic mass is 16.5. The van der Waals surface area contributed by atoms with Gasteiger partial charge in [0.2, 0.25) is 11.8 Å².